The van der Waals surface area contributed by atoms with Crippen molar-refractivity contribution in [2.75, 3.05) is 52.4 Å². The van der Waals surface area contributed by atoms with Gasteiger partial charge in [0.2, 0.25) is 0 Å². The van der Waals surface area contributed by atoms with Gasteiger partial charge in [-0.25, -0.2) is 0 Å². The molecule has 1 aliphatic rings. The Kier molecular flexibility index (Phi) is 10.8. The van der Waals surface area contributed by atoms with Crippen molar-refractivity contribution < 1.29 is 0 Å². The summed E-state index contributed by atoms with van der Waals surface area (Å²) in [6.07, 6.45) is 6.80. The molecule has 17 heavy (non-hydrogen) atoms. The van der Waals surface area contributed by atoms with Gasteiger partial charge in [-0.15, -0.1) is 0 Å². The molecule has 0 unspecified atom stereocenters. The van der Waals surface area contributed by atoms with Gasteiger partial charge in [0, 0.05) is 39.3 Å². The first-order valence-corrected chi connectivity index (χ1v) is 7.33. The van der Waals surface area contributed by atoms with Gasteiger partial charge in [-0.1, -0.05) is 19.3 Å². The molecule has 1 fully saturated rings. The molecule has 0 amide bonds. The van der Waals surface area contributed by atoms with Crippen LogP contribution in [0.3, 0.4) is 0 Å². The van der Waals surface area contributed by atoms with E-state index in [1.807, 2.05) is 0 Å². The molecule has 1 saturated heterocycles. The lowest BCUT2D eigenvalue weighted by atomic mass is 10.1. The van der Waals surface area contributed by atoms with Crippen LogP contribution in [-0.2, 0) is 0 Å². The average molecular weight is 242 g/mol. The van der Waals surface area contributed by atoms with E-state index in [9.17, 15) is 0 Å². The van der Waals surface area contributed by atoms with Gasteiger partial charge < -0.3 is 21.3 Å². The summed E-state index contributed by atoms with van der Waals surface area (Å²) in [6.45, 7) is 8.86. The van der Waals surface area contributed by atoms with E-state index < -0.39 is 0 Å². The van der Waals surface area contributed by atoms with Gasteiger partial charge in [0.1, 0.15) is 0 Å². The Bertz CT molecular complexity index is 82.9. The van der Waals surface area contributed by atoms with Gasteiger partial charge in [-0.05, 0) is 25.9 Å². The molecule has 0 aromatic heterocycles. The van der Waals surface area contributed by atoms with E-state index in [1.54, 1.807) is 0 Å². The molecule has 0 bridgehead atoms. The quantitative estimate of drug-likeness (QED) is 0.494. The summed E-state index contributed by atoms with van der Waals surface area (Å²) in [7, 11) is 0. The van der Waals surface area contributed by atoms with E-state index in [0.29, 0.717) is 0 Å². The first kappa shape index (κ1) is 14.9. The van der Waals surface area contributed by atoms with E-state index >= 15 is 0 Å². The van der Waals surface area contributed by atoms with Crippen molar-refractivity contribution in [3.8, 4) is 0 Å². The first-order chi connectivity index (χ1) is 8.50. The predicted molar refractivity (Wildman–Crippen MR) is 74.6 cm³/mol. The second-order valence-electron chi connectivity index (χ2n) is 4.77. The van der Waals surface area contributed by atoms with Crippen molar-refractivity contribution in [1.82, 2.24) is 21.3 Å². The van der Waals surface area contributed by atoms with Crippen molar-refractivity contribution in [2.24, 2.45) is 0 Å². The molecule has 0 spiro atoms. The predicted octanol–water partition coefficient (Wildman–Crippen LogP) is 0.309. The van der Waals surface area contributed by atoms with Gasteiger partial charge in [-0.3, -0.25) is 0 Å². The molecule has 1 rings (SSSR count). The average Bonchev–Trinajstić information content (AvgIpc) is 2.35. The lowest BCUT2D eigenvalue weighted by molar-refractivity contribution is 0.554. The van der Waals surface area contributed by atoms with E-state index in [0.717, 1.165) is 39.3 Å². The summed E-state index contributed by atoms with van der Waals surface area (Å²) in [4.78, 5) is 0. The zero-order valence-electron chi connectivity index (χ0n) is 11.2. The van der Waals surface area contributed by atoms with Crippen LogP contribution in [0, 0.1) is 0 Å². The largest absolute Gasteiger partial charge is 0.315 e. The summed E-state index contributed by atoms with van der Waals surface area (Å²) >= 11 is 0. The highest BCUT2D eigenvalue weighted by Crippen LogP contribution is 2.01. The Morgan fingerprint density at radius 1 is 0.294 bits per heavy atom. The zero-order chi connectivity index (χ0) is 12.0. The highest BCUT2D eigenvalue weighted by atomic mass is 15.0. The van der Waals surface area contributed by atoms with Crippen molar-refractivity contribution in [3.63, 3.8) is 0 Å². The van der Waals surface area contributed by atoms with Crippen LogP contribution in [0.25, 0.3) is 0 Å². The molecule has 102 valence electrons. The van der Waals surface area contributed by atoms with Crippen molar-refractivity contribution >= 4 is 0 Å². The van der Waals surface area contributed by atoms with Crippen LogP contribution in [-0.4, -0.2) is 52.4 Å². The SMILES string of the molecule is C1CCCNCCNCCNCCNCCC1. The molecule has 0 aliphatic carbocycles. The van der Waals surface area contributed by atoms with Crippen LogP contribution < -0.4 is 21.3 Å². The summed E-state index contributed by atoms with van der Waals surface area (Å²) < 4.78 is 0. The van der Waals surface area contributed by atoms with Crippen LogP contribution in [0.2, 0.25) is 0 Å². The molecule has 0 aromatic rings. The van der Waals surface area contributed by atoms with Gasteiger partial charge in [-0.2, -0.15) is 0 Å². The standard InChI is InChI=1S/C13H30N4/c1-2-4-6-14-8-10-16-12-13-17-11-9-15-7-5-3-1/h14-17H,1-13H2. The first-order valence-electron chi connectivity index (χ1n) is 7.33. The Balaban J connectivity index is 2.01. The third kappa shape index (κ3) is 10.7. The summed E-state index contributed by atoms with van der Waals surface area (Å²) in [6, 6.07) is 0. The van der Waals surface area contributed by atoms with Crippen LogP contribution in [0.1, 0.15) is 32.1 Å². The van der Waals surface area contributed by atoms with Crippen LogP contribution in [0.4, 0.5) is 0 Å². The van der Waals surface area contributed by atoms with Gasteiger partial charge in [0.05, 0.1) is 0 Å². The molecular weight excluding hydrogens is 212 g/mol. The second-order valence-corrected chi connectivity index (χ2v) is 4.77. The monoisotopic (exact) mass is 242 g/mol. The molecule has 4 heteroatoms. The van der Waals surface area contributed by atoms with Gasteiger partial charge in [0.15, 0.2) is 0 Å². The smallest absolute Gasteiger partial charge is 0.00772 e. The van der Waals surface area contributed by atoms with Crippen molar-refractivity contribution in [1.29, 1.82) is 0 Å². The van der Waals surface area contributed by atoms with Crippen LogP contribution in [0.15, 0.2) is 0 Å². The number of rotatable bonds is 0. The molecule has 4 N–H and O–H groups in total. The second kappa shape index (κ2) is 12.3. The minimum atomic E-state index is 1.07. The Hall–Kier alpha value is -0.160. The molecule has 0 aromatic carbocycles. The van der Waals surface area contributed by atoms with Crippen molar-refractivity contribution in [2.45, 2.75) is 32.1 Å². The fourth-order valence-corrected chi connectivity index (χ4v) is 2.06. The minimum absolute atomic E-state index is 1.07. The molecular formula is C13H30N4. The molecule has 1 heterocycles. The molecule has 0 saturated carbocycles. The zero-order valence-corrected chi connectivity index (χ0v) is 11.2. The van der Waals surface area contributed by atoms with Gasteiger partial charge >= 0.3 is 0 Å². The Labute approximate surface area is 106 Å². The third-order valence-corrected chi connectivity index (χ3v) is 3.14. The topological polar surface area (TPSA) is 48.1 Å². The van der Waals surface area contributed by atoms with E-state index in [4.69, 9.17) is 0 Å². The van der Waals surface area contributed by atoms with Gasteiger partial charge in [0.25, 0.3) is 0 Å². The van der Waals surface area contributed by atoms with E-state index in [1.165, 1.54) is 45.2 Å². The van der Waals surface area contributed by atoms with Crippen molar-refractivity contribution in [3.05, 3.63) is 0 Å². The lowest BCUT2D eigenvalue weighted by Crippen LogP contribution is -2.35. The minimum Gasteiger partial charge on any atom is -0.315 e. The third-order valence-electron chi connectivity index (χ3n) is 3.14. The fraction of sp³-hybridized carbons (Fsp3) is 1.00. The number of hydrogen-bond acceptors (Lipinski definition) is 4. The highest BCUT2D eigenvalue weighted by molar-refractivity contribution is 4.58. The molecule has 0 radical (unpaired) electrons. The normalized spacial score (nSPS) is 24.0. The lowest BCUT2D eigenvalue weighted by Gasteiger charge is -2.07. The molecule has 0 atom stereocenters. The summed E-state index contributed by atoms with van der Waals surface area (Å²) in [5.41, 5.74) is 0. The Morgan fingerprint density at radius 3 is 1.00 bits per heavy atom. The number of hydrogen-bond donors (Lipinski definition) is 4. The maximum Gasteiger partial charge on any atom is 0.00772 e. The maximum absolute atomic E-state index is 3.48. The molecule has 4 nitrogen and oxygen atoms in total. The highest BCUT2D eigenvalue weighted by Gasteiger charge is 1.94. The van der Waals surface area contributed by atoms with Crippen LogP contribution >= 0.6 is 0 Å². The Morgan fingerprint density at radius 2 is 0.588 bits per heavy atom. The van der Waals surface area contributed by atoms with Crippen LogP contribution in [0.5, 0.6) is 0 Å². The van der Waals surface area contributed by atoms with E-state index in [2.05, 4.69) is 21.3 Å². The summed E-state index contributed by atoms with van der Waals surface area (Å²) in [5.74, 6) is 0. The van der Waals surface area contributed by atoms with E-state index in [-0.39, 0.29) is 0 Å². The number of nitrogens with one attached hydrogen (secondary N) is 4. The summed E-state index contributed by atoms with van der Waals surface area (Å²) in [5, 5.41) is 13.8. The maximum atomic E-state index is 3.48. The molecule has 1 aliphatic heterocycles. The fourth-order valence-electron chi connectivity index (χ4n) is 2.06.